The first-order valence-corrected chi connectivity index (χ1v) is 7.70. The Morgan fingerprint density at radius 2 is 2.14 bits per heavy atom. The third-order valence-electron chi connectivity index (χ3n) is 4.77. The van der Waals surface area contributed by atoms with Crippen molar-refractivity contribution in [3.05, 3.63) is 30.1 Å². The normalized spacial score (nSPS) is 25.9. The zero-order valence-electron chi connectivity index (χ0n) is 12.1. The second-order valence-corrected chi connectivity index (χ2v) is 6.33. The summed E-state index contributed by atoms with van der Waals surface area (Å²) in [6, 6.07) is 8.14. The highest BCUT2D eigenvalue weighted by atomic mass is 16.5. The maximum atomic E-state index is 9.67. The van der Waals surface area contributed by atoms with Crippen molar-refractivity contribution in [3.63, 3.8) is 0 Å². The Kier molecular flexibility index (Phi) is 3.21. The maximum absolute atomic E-state index is 9.67. The highest BCUT2D eigenvalue weighted by Crippen LogP contribution is 2.36. The van der Waals surface area contributed by atoms with Crippen molar-refractivity contribution >= 4 is 11.0 Å². The van der Waals surface area contributed by atoms with E-state index in [1.165, 1.54) is 0 Å². The monoisotopic (exact) mass is 287 g/mol. The second kappa shape index (κ2) is 5.09. The van der Waals surface area contributed by atoms with Crippen LogP contribution in [0, 0.1) is 0 Å². The summed E-state index contributed by atoms with van der Waals surface area (Å²) in [7, 11) is 0. The summed E-state index contributed by atoms with van der Waals surface area (Å²) in [4.78, 5) is 10.4. The van der Waals surface area contributed by atoms with E-state index in [1.54, 1.807) is 0 Å². The predicted octanol–water partition coefficient (Wildman–Crippen LogP) is 1.68. The number of aromatic amines is 1. The Morgan fingerprint density at radius 1 is 1.33 bits per heavy atom. The van der Waals surface area contributed by atoms with E-state index in [4.69, 9.17) is 4.74 Å². The van der Waals surface area contributed by atoms with Crippen LogP contribution in [0.5, 0.6) is 0 Å². The lowest BCUT2D eigenvalue weighted by atomic mass is 9.88. The minimum atomic E-state index is -0.271. The molecular weight excluding hydrogens is 266 g/mol. The van der Waals surface area contributed by atoms with Gasteiger partial charge < -0.3 is 14.8 Å². The summed E-state index contributed by atoms with van der Waals surface area (Å²) in [5, 5.41) is 9.67. The first-order valence-electron chi connectivity index (χ1n) is 7.70. The fourth-order valence-electron chi connectivity index (χ4n) is 3.58. The average Bonchev–Trinajstić information content (AvgIpc) is 3.05. The van der Waals surface area contributed by atoms with Gasteiger partial charge in [0, 0.05) is 19.5 Å². The number of rotatable bonds is 2. The number of imidazole rings is 1. The van der Waals surface area contributed by atoms with Gasteiger partial charge in [-0.15, -0.1) is 0 Å². The summed E-state index contributed by atoms with van der Waals surface area (Å²) in [6.45, 7) is 3.37. The number of hydrogen-bond donors (Lipinski definition) is 2. The van der Waals surface area contributed by atoms with Gasteiger partial charge in [0.2, 0.25) is 0 Å². The Labute approximate surface area is 123 Å². The number of aliphatic hydroxyl groups is 1. The van der Waals surface area contributed by atoms with Gasteiger partial charge in [0.05, 0.1) is 35.9 Å². The number of benzene rings is 1. The first kappa shape index (κ1) is 13.2. The van der Waals surface area contributed by atoms with Gasteiger partial charge in [-0.05, 0) is 25.0 Å². The summed E-state index contributed by atoms with van der Waals surface area (Å²) in [5.74, 6) is 1.03. The minimum absolute atomic E-state index is 0.0657. The van der Waals surface area contributed by atoms with Crippen LogP contribution in [-0.2, 0) is 11.3 Å². The highest BCUT2D eigenvalue weighted by Gasteiger charge is 2.42. The lowest BCUT2D eigenvalue weighted by molar-refractivity contribution is -0.0459. The number of nitrogens with zero attached hydrogens (tertiary/aromatic N) is 2. The van der Waals surface area contributed by atoms with Gasteiger partial charge in [0.15, 0.2) is 0 Å². The van der Waals surface area contributed by atoms with Crippen molar-refractivity contribution in [2.75, 3.05) is 19.7 Å². The molecule has 0 radical (unpaired) electrons. The molecule has 5 nitrogen and oxygen atoms in total. The SMILES string of the molecule is O[C@H]1COC2(CCN(Cc3nc4ccccc4[nH]3)CC2)C1. The predicted molar refractivity (Wildman–Crippen MR) is 79.9 cm³/mol. The molecule has 2 fully saturated rings. The number of nitrogens with one attached hydrogen (secondary N) is 1. The summed E-state index contributed by atoms with van der Waals surface area (Å²) < 4.78 is 5.84. The average molecular weight is 287 g/mol. The Hall–Kier alpha value is -1.43. The lowest BCUT2D eigenvalue weighted by Gasteiger charge is -2.38. The molecule has 1 spiro atoms. The molecule has 112 valence electrons. The summed E-state index contributed by atoms with van der Waals surface area (Å²) >= 11 is 0. The molecule has 3 heterocycles. The van der Waals surface area contributed by atoms with Gasteiger partial charge in [-0.2, -0.15) is 0 Å². The highest BCUT2D eigenvalue weighted by molar-refractivity contribution is 5.74. The molecule has 0 aliphatic carbocycles. The van der Waals surface area contributed by atoms with Gasteiger partial charge in [-0.3, -0.25) is 4.90 Å². The number of para-hydroxylation sites is 2. The molecule has 2 N–H and O–H groups in total. The van der Waals surface area contributed by atoms with Crippen LogP contribution in [0.3, 0.4) is 0 Å². The number of likely N-dealkylation sites (tertiary alicyclic amines) is 1. The zero-order chi connectivity index (χ0) is 14.3. The summed E-state index contributed by atoms with van der Waals surface area (Å²) in [5.41, 5.74) is 2.07. The molecule has 4 rings (SSSR count). The van der Waals surface area contributed by atoms with Crippen LogP contribution in [0.4, 0.5) is 0 Å². The van der Waals surface area contributed by atoms with E-state index in [1.807, 2.05) is 18.2 Å². The Bertz CT molecular complexity index is 598. The quantitative estimate of drug-likeness (QED) is 0.882. The molecule has 5 heteroatoms. The van der Waals surface area contributed by atoms with Crippen LogP contribution in [0.25, 0.3) is 11.0 Å². The molecule has 2 aliphatic rings. The summed E-state index contributed by atoms with van der Waals surface area (Å²) in [6.07, 6.45) is 2.53. The fraction of sp³-hybridized carbons (Fsp3) is 0.562. The molecule has 2 aromatic rings. The Morgan fingerprint density at radius 3 is 2.86 bits per heavy atom. The van der Waals surface area contributed by atoms with E-state index < -0.39 is 0 Å². The number of ether oxygens (including phenoxy) is 1. The van der Waals surface area contributed by atoms with Crippen LogP contribution in [-0.4, -0.2) is 51.4 Å². The largest absolute Gasteiger partial charge is 0.391 e. The molecule has 1 atom stereocenters. The van der Waals surface area contributed by atoms with Gasteiger partial charge in [-0.25, -0.2) is 4.98 Å². The van der Waals surface area contributed by atoms with Gasteiger partial charge >= 0.3 is 0 Å². The minimum Gasteiger partial charge on any atom is -0.391 e. The molecule has 21 heavy (non-hydrogen) atoms. The van der Waals surface area contributed by atoms with Crippen LogP contribution in [0.2, 0.25) is 0 Å². The molecule has 2 aliphatic heterocycles. The molecule has 2 saturated heterocycles. The molecule has 1 aromatic heterocycles. The number of aromatic nitrogens is 2. The van der Waals surface area contributed by atoms with Crippen molar-refractivity contribution in [2.24, 2.45) is 0 Å². The van der Waals surface area contributed by atoms with Gasteiger partial charge in [0.1, 0.15) is 5.82 Å². The lowest BCUT2D eigenvalue weighted by Crippen LogP contribution is -2.44. The number of piperidine rings is 1. The zero-order valence-corrected chi connectivity index (χ0v) is 12.1. The number of aliphatic hydroxyl groups excluding tert-OH is 1. The third kappa shape index (κ3) is 2.57. The van der Waals surface area contributed by atoms with Crippen molar-refractivity contribution in [1.82, 2.24) is 14.9 Å². The molecular formula is C16H21N3O2. The number of H-pyrrole nitrogens is 1. The van der Waals surface area contributed by atoms with Crippen LogP contribution < -0.4 is 0 Å². The standard InChI is InChI=1S/C16H21N3O2/c20-12-9-16(21-11-12)5-7-19(8-6-16)10-15-17-13-3-1-2-4-14(13)18-15/h1-4,12,20H,5-11H2,(H,17,18)/t12-/m1/s1. The maximum Gasteiger partial charge on any atom is 0.121 e. The molecule has 0 saturated carbocycles. The van der Waals surface area contributed by atoms with E-state index >= 15 is 0 Å². The van der Waals surface area contributed by atoms with E-state index in [2.05, 4.69) is 20.9 Å². The smallest absolute Gasteiger partial charge is 0.121 e. The Balaban J connectivity index is 1.40. The van der Waals surface area contributed by atoms with E-state index in [9.17, 15) is 5.11 Å². The van der Waals surface area contributed by atoms with Gasteiger partial charge in [0.25, 0.3) is 0 Å². The van der Waals surface area contributed by atoms with Crippen LogP contribution in [0.1, 0.15) is 25.1 Å². The van der Waals surface area contributed by atoms with E-state index in [0.29, 0.717) is 6.61 Å². The van der Waals surface area contributed by atoms with Crippen molar-refractivity contribution < 1.29 is 9.84 Å². The van der Waals surface area contributed by atoms with Crippen molar-refractivity contribution in [3.8, 4) is 0 Å². The molecule has 0 unspecified atom stereocenters. The topological polar surface area (TPSA) is 61.4 Å². The van der Waals surface area contributed by atoms with Crippen molar-refractivity contribution in [2.45, 2.75) is 37.5 Å². The van der Waals surface area contributed by atoms with Crippen LogP contribution in [0.15, 0.2) is 24.3 Å². The fourth-order valence-corrected chi connectivity index (χ4v) is 3.58. The first-order chi connectivity index (χ1) is 10.2. The number of hydrogen-bond acceptors (Lipinski definition) is 4. The number of fused-ring (bicyclic) bond motifs is 1. The van der Waals surface area contributed by atoms with Gasteiger partial charge in [-0.1, -0.05) is 12.1 Å². The van der Waals surface area contributed by atoms with E-state index in [-0.39, 0.29) is 11.7 Å². The third-order valence-corrected chi connectivity index (χ3v) is 4.77. The van der Waals surface area contributed by atoms with E-state index in [0.717, 1.165) is 55.8 Å². The molecule has 1 aromatic carbocycles. The molecule has 0 bridgehead atoms. The second-order valence-electron chi connectivity index (χ2n) is 6.33. The molecule has 0 amide bonds. The van der Waals surface area contributed by atoms with Crippen LogP contribution >= 0.6 is 0 Å². The van der Waals surface area contributed by atoms with Crippen molar-refractivity contribution in [1.29, 1.82) is 0 Å².